The molecule has 3 rings (SSSR count). The molecule has 0 amide bonds. The van der Waals surface area contributed by atoms with Gasteiger partial charge in [-0.3, -0.25) is 0 Å². The standard InChI is InChI=1S/C14H16BrN3/c1-9-4-3-5-12(10(9)2)14-17-16-13(8-15)18(14)11-6-7-11/h3-5,11H,6-8H2,1-2H3. The van der Waals surface area contributed by atoms with Crippen LogP contribution in [0.2, 0.25) is 0 Å². The average molecular weight is 306 g/mol. The Kier molecular flexibility index (Phi) is 2.98. The van der Waals surface area contributed by atoms with Crippen LogP contribution in [-0.4, -0.2) is 14.8 Å². The highest BCUT2D eigenvalue weighted by Crippen LogP contribution is 2.40. The van der Waals surface area contributed by atoms with E-state index in [4.69, 9.17) is 0 Å². The zero-order valence-corrected chi connectivity index (χ0v) is 12.2. The second-order valence-electron chi connectivity index (χ2n) is 4.92. The highest BCUT2D eigenvalue weighted by atomic mass is 79.9. The van der Waals surface area contributed by atoms with Crippen LogP contribution in [0.25, 0.3) is 11.4 Å². The summed E-state index contributed by atoms with van der Waals surface area (Å²) in [5, 5.41) is 9.48. The van der Waals surface area contributed by atoms with Gasteiger partial charge in [0.15, 0.2) is 5.82 Å². The molecule has 1 fully saturated rings. The third-order valence-electron chi connectivity index (χ3n) is 3.64. The molecule has 4 heteroatoms. The fourth-order valence-electron chi connectivity index (χ4n) is 2.31. The molecule has 0 bridgehead atoms. The molecule has 0 saturated heterocycles. The zero-order chi connectivity index (χ0) is 12.7. The van der Waals surface area contributed by atoms with Crippen molar-refractivity contribution < 1.29 is 0 Å². The van der Waals surface area contributed by atoms with Gasteiger partial charge in [-0.25, -0.2) is 0 Å². The number of nitrogens with zero attached hydrogens (tertiary/aromatic N) is 3. The molecule has 94 valence electrons. The van der Waals surface area contributed by atoms with Crippen LogP contribution in [0.3, 0.4) is 0 Å². The third kappa shape index (κ3) is 1.88. The van der Waals surface area contributed by atoms with E-state index < -0.39 is 0 Å². The number of hydrogen-bond acceptors (Lipinski definition) is 2. The van der Waals surface area contributed by atoms with Crippen LogP contribution in [0.4, 0.5) is 0 Å². The van der Waals surface area contributed by atoms with E-state index >= 15 is 0 Å². The number of aromatic nitrogens is 3. The SMILES string of the molecule is Cc1cccc(-c2nnc(CBr)n2C2CC2)c1C. The highest BCUT2D eigenvalue weighted by Gasteiger charge is 2.29. The molecule has 2 aromatic rings. The lowest BCUT2D eigenvalue weighted by Gasteiger charge is -2.11. The van der Waals surface area contributed by atoms with Crippen molar-refractivity contribution in [3.63, 3.8) is 0 Å². The predicted octanol–water partition coefficient (Wildman–Crippen LogP) is 3.79. The summed E-state index contributed by atoms with van der Waals surface area (Å²) in [5.41, 5.74) is 3.81. The fraction of sp³-hybridized carbons (Fsp3) is 0.429. The van der Waals surface area contributed by atoms with Gasteiger partial charge in [-0.05, 0) is 37.8 Å². The summed E-state index contributed by atoms with van der Waals surface area (Å²) in [6.45, 7) is 4.30. The quantitative estimate of drug-likeness (QED) is 0.808. The van der Waals surface area contributed by atoms with Crippen molar-refractivity contribution in [2.45, 2.75) is 38.1 Å². The van der Waals surface area contributed by atoms with Gasteiger partial charge < -0.3 is 4.57 Å². The summed E-state index contributed by atoms with van der Waals surface area (Å²) in [5.74, 6) is 2.06. The number of aryl methyl sites for hydroxylation is 1. The molecular formula is C14H16BrN3. The predicted molar refractivity (Wildman–Crippen MR) is 75.8 cm³/mol. The van der Waals surface area contributed by atoms with Gasteiger partial charge in [0.25, 0.3) is 0 Å². The van der Waals surface area contributed by atoms with E-state index in [1.807, 2.05) is 0 Å². The summed E-state index contributed by atoms with van der Waals surface area (Å²) >= 11 is 3.50. The molecule has 0 radical (unpaired) electrons. The van der Waals surface area contributed by atoms with Crippen LogP contribution in [0.1, 0.15) is 35.8 Å². The Morgan fingerprint density at radius 3 is 2.72 bits per heavy atom. The van der Waals surface area contributed by atoms with Gasteiger partial charge in [0.1, 0.15) is 5.82 Å². The Morgan fingerprint density at radius 1 is 1.28 bits per heavy atom. The molecule has 1 aliphatic carbocycles. The minimum Gasteiger partial charge on any atom is -0.307 e. The maximum absolute atomic E-state index is 4.40. The Labute approximate surface area is 115 Å². The Balaban J connectivity index is 2.17. The molecule has 1 heterocycles. The Hall–Kier alpha value is -1.16. The monoisotopic (exact) mass is 305 g/mol. The first kappa shape index (κ1) is 11.9. The van der Waals surface area contributed by atoms with Gasteiger partial charge in [0, 0.05) is 11.6 Å². The van der Waals surface area contributed by atoms with Crippen molar-refractivity contribution in [2.75, 3.05) is 0 Å². The molecule has 1 aromatic heterocycles. The molecule has 0 spiro atoms. The van der Waals surface area contributed by atoms with Gasteiger partial charge in [-0.1, -0.05) is 34.1 Å². The number of alkyl halides is 1. The van der Waals surface area contributed by atoms with Crippen molar-refractivity contribution in [3.05, 3.63) is 35.2 Å². The smallest absolute Gasteiger partial charge is 0.164 e. The van der Waals surface area contributed by atoms with Crippen molar-refractivity contribution in [1.82, 2.24) is 14.8 Å². The summed E-state index contributed by atoms with van der Waals surface area (Å²) in [4.78, 5) is 0. The van der Waals surface area contributed by atoms with Crippen LogP contribution in [-0.2, 0) is 5.33 Å². The summed E-state index contributed by atoms with van der Waals surface area (Å²) in [7, 11) is 0. The molecule has 1 aromatic carbocycles. The molecule has 0 N–H and O–H groups in total. The van der Waals surface area contributed by atoms with E-state index in [9.17, 15) is 0 Å². The zero-order valence-electron chi connectivity index (χ0n) is 10.7. The second kappa shape index (κ2) is 4.50. The van der Waals surface area contributed by atoms with E-state index in [0.717, 1.165) is 17.0 Å². The van der Waals surface area contributed by atoms with Gasteiger partial charge in [-0.2, -0.15) is 0 Å². The second-order valence-corrected chi connectivity index (χ2v) is 5.48. The van der Waals surface area contributed by atoms with Crippen molar-refractivity contribution in [1.29, 1.82) is 0 Å². The molecule has 1 aliphatic rings. The lowest BCUT2D eigenvalue weighted by Crippen LogP contribution is -2.03. The molecule has 18 heavy (non-hydrogen) atoms. The van der Waals surface area contributed by atoms with E-state index in [2.05, 4.69) is 62.7 Å². The van der Waals surface area contributed by atoms with Gasteiger partial charge in [0.05, 0.1) is 5.33 Å². The fourth-order valence-corrected chi connectivity index (χ4v) is 2.69. The van der Waals surface area contributed by atoms with Gasteiger partial charge in [0.2, 0.25) is 0 Å². The number of hydrogen-bond donors (Lipinski definition) is 0. The lowest BCUT2D eigenvalue weighted by molar-refractivity contribution is 0.714. The summed E-state index contributed by atoms with van der Waals surface area (Å²) < 4.78 is 2.30. The molecule has 0 unspecified atom stereocenters. The third-order valence-corrected chi connectivity index (χ3v) is 4.15. The van der Waals surface area contributed by atoms with Crippen molar-refractivity contribution >= 4 is 15.9 Å². The largest absolute Gasteiger partial charge is 0.307 e. The minimum absolute atomic E-state index is 0.600. The number of rotatable bonds is 3. The molecule has 0 atom stereocenters. The topological polar surface area (TPSA) is 30.7 Å². The highest BCUT2D eigenvalue weighted by molar-refractivity contribution is 9.08. The molecule has 0 aliphatic heterocycles. The maximum Gasteiger partial charge on any atom is 0.164 e. The first-order valence-corrected chi connectivity index (χ1v) is 7.41. The number of halogens is 1. The molecule has 3 nitrogen and oxygen atoms in total. The van der Waals surface area contributed by atoms with E-state index in [-0.39, 0.29) is 0 Å². The van der Waals surface area contributed by atoms with E-state index in [0.29, 0.717) is 6.04 Å². The average Bonchev–Trinajstić information content (AvgIpc) is 3.12. The summed E-state index contributed by atoms with van der Waals surface area (Å²) in [6.07, 6.45) is 2.49. The lowest BCUT2D eigenvalue weighted by atomic mass is 10.0. The number of benzene rings is 1. The van der Waals surface area contributed by atoms with Crippen molar-refractivity contribution in [3.8, 4) is 11.4 Å². The van der Waals surface area contributed by atoms with Crippen LogP contribution in [0.15, 0.2) is 18.2 Å². The Morgan fingerprint density at radius 2 is 2.06 bits per heavy atom. The molecular weight excluding hydrogens is 290 g/mol. The minimum atomic E-state index is 0.600. The Bertz CT molecular complexity index is 585. The van der Waals surface area contributed by atoms with Crippen LogP contribution in [0.5, 0.6) is 0 Å². The van der Waals surface area contributed by atoms with Crippen LogP contribution < -0.4 is 0 Å². The van der Waals surface area contributed by atoms with E-state index in [1.165, 1.54) is 29.5 Å². The van der Waals surface area contributed by atoms with E-state index in [1.54, 1.807) is 0 Å². The first-order valence-electron chi connectivity index (χ1n) is 6.28. The van der Waals surface area contributed by atoms with Crippen LogP contribution in [0, 0.1) is 13.8 Å². The maximum atomic E-state index is 4.40. The molecule has 1 saturated carbocycles. The normalized spacial score (nSPS) is 15.1. The summed E-state index contributed by atoms with van der Waals surface area (Å²) in [6, 6.07) is 6.98. The first-order chi connectivity index (χ1) is 8.72. The van der Waals surface area contributed by atoms with Gasteiger partial charge >= 0.3 is 0 Å². The van der Waals surface area contributed by atoms with Gasteiger partial charge in [-0.15, -0.1) is 10.2 Å². The van der Waals surface area contributed by atoms with Crippen molar-refractivity contribution in [2.24, 2.45) is 0 Å². The van der Waals surface area contributed by atoms with Crippen LogP contribution >= 0.6 is 15.9 Å².